The van der Waals surface area contributed by atoms with Crippen LogP contribution in [-0.4, -0.2) is 218 Å². The number of rotatable bonds is 11. The van der Waals surface area contributed by atoms with E-state index < -0.39 is 153 Å². The highest BCUT2D eigenvalue weighted by Gasteiger charge is 2.58. The summed E-state index contributed by atoms with van der Waals surface area (Å²) in [5, 5.41) is 114. The molecule has 5 aliphatic heterocycles. The third kappa shape index (κ3) is 7.80. The Hall–Kier alpha value is -0.890. The molecule has 48 heavy (non-hydrogen) atoms. The molecular weight excluding hydrogens is 688 g/mol. The SMILES string of the molecule is O=S(=O)(O)OC[C@@H]1O[C@@H](O[C@H]2[C@@H](O)[C@@H](CO)O[C@@H](O[C@H]3[C@H]4OC[C@@H]3O[C@@H](O[C@H]3[C@@H](O)[C@@H](CO)OC(O)[C@@H]3O)[C@H]4O)[C@@H]2O)[C@@H](O)[C@H](O)[C@@H]1O. The van der Waals surface area contributed by atoms with Gasteiger partial charge < -0.3 is 94.1 Å². The topological polar surface area (TPSA) is 360 Å². The summed E-state index contributed by atoms with van der Waals surface area (Å²) < 4.78 is 78.9. The summed E-state index contributed by atoms with van der Waals surface area (Å²) in [4.78, 5) is 0. The van der Waals surface area contributed by atoms with Crippen molar-refractivity contribution in [2.75, 3.05) is 26.4 Å². The van der Waals surface area contributed by atoms with Crippen LogP contribution in [0.2, 0.25) is 0 Å². The van der Waals surface area contributed by atoms with Crippen LogP contribution < -0.4 is 0 Å². The number of hydrogen-bond donors (Lipinski definition) is 12. The first-order chi connectivity index (χ1) is 22.6. The zero-order valence-corrected chi connectivity index (χ0v) is 25.5. The van der Waals surface area contributed by atoms with E-state index in [-0.39, 0.29) is 6.61 Å². The average molecular weight is 729 g/mol. The quantitative estimate of drug-likeness (QED) is 0.0879. The minimum atomic E-state index is -5.01. The number of aliphatic hydroxyl groups is 11. The van der Waals surface area contributed by atoms with Gasteiger partial charge in [-0.1, -0.05) is 0 Å². The van der Waals surface area contributed by atoms with Crippen LogP contribution in [0, 0.1) is 0 Å². The van der Waals surface area contributed by atoms with Gasteiger partial charge >= 0.3 is 10.4 Å². The Bertz CT molecular complexity index is 1160. The Morgan fingerprint density at radius 1 is 0.562 bits per heavy atom. The van der Waals surface area contributed by atoms with Crippen molar-refractivity contribution in [1.82, 2.24) is 0 Å². The molecule has 5 heterocycles. The molecular formula is C24H40O23S. The van der Waals surface area contributed by atoms with Gasteiger partial charge in [0.25, 0.3) is 0 Å². The molecule has 2 bridgehead atoms. The maximum Gasteiger partial charge on any atom is 0.397 e. The van der Waals surface area contributed by atoms with Crippen LogP contribution in [0.5, 0.6) is 0 Å². The van der Waals surface area contributed by atoms with Crippen LogP contribution in [0.4, 0.5) is 0 Å². The third-order valence-electron chi connectivity index (χ3n) is 8.65. The van der Waals surface area contributed by atoms with E-state index in [4.69, 9.17) is 42.4 Å². The predicted octanol–water partition coefficient (Wildman–Crippen LogP) is -8.88. The lowest BCUT2D eigenvalue weighted by Gasteiger charge is -2.47. The van der Waals surface area contributed by atoms with Gasteiger partial charge in [-0.05, 0) is 0 Å². The van der Waals surface area contributed by atoms with Gasteiger partial charge in [0, 0.05) is 0 Å². The molecule has 12 N–H and O–H groups in total. The smallest absolute Gasteiger partial charge is 0.394 e. The van der Waals surface area contributed by atoms with Crippen molar-refractivity contribution in [3.05, 3.63) is 0 Å². The summed E-state index contributed by atoms with van der Waals surface area (Å²) in [6.45, 7) is -2.86. The first kappa shape index (κ1) is 38.3. The molecule has 5 fully saturated rings. The Labute approximate surface area is 271 Å². The summed E-state index contributed by atoms with van der Waals surface area (Å²) in [5.41, 5.74) is 0. The molecule has 5 rings (SSSR count). The summed E-state index contributed by atoms with van der Waals surface area (Å²) >= 11 is 0. The molecule has 5 aliphatic rings. The van der Waals surface area contributed by atoms with Crippen LogP contribution in [0.3, 0.4) is 0 Å². The normalized spacial score (nSPS) is 51.6. The van der Waals surface area contributed by atoms with E-state index in [9.17, 15) is 64.6 Å². The first-order valence-electron chi connectivity index (χ1n) is 14.7. The largest absolute Gasteiger partial charge is 0.397 e. The second-order valence-electron chi connectivity index (χ2n) is 11.8. The average Bonchev–Trinajstić information content (AvgIpc) is 3.35. The maximum atomic E-state index is 11.1. The Kier molecular flexibility index (Phi) is 12.3. The molecule has 24 heteroatoms. The molecule has 0 aromatic carbocycles. The molecule has 0 spiro atoms. The Balaban J connectivity index is 1.26. The van der Waals surface area contributed by atoms with Gasteiger partial charge in [-0.3, -0.25) is 4.55 Å². The molecule has 0 saturated carbocycles. The summed E-state index contributed by atoms with van der Waals surface area (Å²) in [5.74, 6) is 0. The molecule has 5 saturated heterocycles. The van der Waals surface area contributed by atoms with Crippen molar-refractivity contribution >= 4 is 10.4 Å². The van der Waals surface area contributed by atoms with Crippen LogP contribution in [0.1, 0.15) is 0 Å². The van der Waals surface area contributed by atoms with Crippen LogP contribution in [-0.2, 0) is 52.5 Å². The lowest BCUT2D eigenvalue weighted by molar-refractivity contribution is -0.377. The molecule has 280 valence electrons. The number of aliphatic hydroxyl groups excluding tert-OH is 11. The molecule has 0 aliphatic carbocycles. The van der Waals surface area contributed by atoms with Crippen LogP contribution in [0.25, 0.3) is 0 Å². The molecule has 23 nitrogen and oxygen atoms in total. The zero-order chi connectivity index (χ0) is 35.2. The van der Waals surface area contributed by atoms with Crippen molar-refractivity contribution in [2.45, 2.75) is 123 Å². The van der Waals surface area contributed by atoms with Gasteiger partial charge in [0.1, 0.15) is 97.7 Å². The van der Waals surface area contributed by atoms with Crippen molar-refractivity contribution < 1.29 is 111 Å². The molecule has 0 aromatic heterocycles. The van der Waals surface area contributed by atoms with Gasteiger partial charge in [-0.2, -0.15) is 8.42 Å². The molecule has 0 radical (unpaired) electrons. The number of ether oxygens (including phenoxy) is 8. The van der Waals surface area contributed by atoms with Crippen molar-refractivity contribution in [1.29, 1.82) is 0 Å². The molecule has 0 amide bonds. The van der Waals surface area contributed by atoms with Crippen LogP contribution in [0.15, 0.2) is 0 Å². The summed E-state index contributed by atoms with van der Waals surface area (Å²) in [7, 11) is -5.01. The van der Waals surface area contributed by atoms with Crippen molar-refractivity contribution in [3.8, 4) is 0 Å². The lowest BCUT2D eigenvalue weighted by Crippen LogP contribution is -2.66. The second kappa shape index (κ2) is 15.4. The van der Waals surface area contributed by atoms with Gasteiger partial charge in [0.05, 0.1) is 26.4 Å². The highest BCUT2D eigenvalue weighted by molar-refractivity contribution is 7.80. The third-order valence-corrected chi connectivity index (χ3v) is 9.09. The predicted molar refractivity (Wildman–Crippen MR) is 141 cm³/mol. The Morgan fingerprint density at radius 2 is 1.08 bits per heavy atom. The fourth-order valence-electron chi connectivity index (χ4n) is 6.04. The standard InChI is InChI=1S/C24H40O23S/c25-1-5-10(28)18(14(32)21(35)41-5)46-24-16(34)20-17(8(44-24)3-39-20)45-23-15(33)19(11(29)6(2-26)42-23)47-22-13(31)12(30)9(27)7(43-22)4-40-48(36,37)38/h5-35H,1-4H2,(H,36,37,38)/t5-,6-,7+,8+,9-,10+,11+,12-,13+,14-,15-,16+,17-,18+,19+,20+,21?,22+,23+,24+/m1/s1. The molecule has 0 aromatic rings. The Morgan fingerprint density at radius 3 is 1.69 bits per heavy atom. The minimum absolute atomic E-state index is 0.211. The highest BCUT2D eigenvalue weighted by Crippen LogP contribution is 2.37. The fourth-order valence-corrected chi connectivity index (χ4v) is 6.35. The van der Waals surface area contributed by atoms with E-state index in [2.05, 4.69) is 4.18 Å². The van der Waals surface area contributed by atoms with E-state index in [1.54, 1.807) is 0 Å². The summed E-state index contributed by atoms with van der Waals surface area (Å²) in [6, 6.07) is 0. The molecule has 20 atom stereocenters. The lowest BCUT2D eigenvalue weighted by atomic mass is 9.96. The second-order valence-corrected chi connectivity index (χ2v) is 12.9. The summed E-state index contributed by atoms with van der Waals surface area (Å²) in [6.07, 6.45) is -33.7. The number of hydrogen-bond acceptors (Lipinski definition) is 22. The first-order valence-corrected chi connectivity index (χ1v) is 16.1. The van der Waals surface area contributed by atoms with E-state index in [1.165, 1.54) is 0 Å². The van der Waals surface area contributed by atoms with Gasteiger partial charge in [0.15, 0.2) is 25.2 Å². The number of fused-ring (bicyclic) bond motifs is 2. The fraction of sp³-hybridized carbons (Fsp3) is 1.00. The van der Waals surface area contributed by atoms with E-state index >= 15 is 0 Å². The van der Waals surface area contributed by atoms with Gasteiger partial charge in [-0.25, -0.2) is 4.18 Å². The minimum Gasteiger partial charge on any atom is -0.394 e. The van der Waals surface area contributed by atoms with E-state index in [0.29, 0.717) is 0 Å². The van der Waals surface area contributed by atoms with Crippen LogP contribution >= 0.6 is 0 Å². The highest BCUT2D eigenvalue weighted by atomic mass is 32.3. The van der Waals surface area contributed by atoms with E-state index in [0.717, 1.165) is 0 Å². The van der Waals surface area contributed by atoms with Gasteiger partial charge in [-0.15, -0.1) is 0 Å². The van der Waals surface area contributed by atoms with Crippen molar-refractivity contribution in [2.24, 2.45) is 0 Å². The van der Waals surface area contributed by atoms with Gasteiger partial charge in [0.2, 0.25) is 0 Å². The zero-order valence-electron chi connectivity index (χ0n) is 24.6. The monoisotopic (exact) mass is 728 g/mol. The van der Waals surface area contributed by atoms with E-state index in [1.807, 2.05) is 0 Å². The van der Waals surface area contributed by atoms with Crippen molar-refractivity contribution in [3.63, 3.8) is 0 Å². The maximum absolute atomic E-state index is 11.1. The molecule has 1 unspecified atom stereocenters.